The van der Waals surface area contributed by atoms with E-state index in [1.54, 1.807) is 62.3 Å². The Morgan fingerprint density at radius 1 is 0.933 bits per heavy atom. The van der Waals surface area contributed by atoms with Crippen molar-refractivity contribution in [3.8, 4) is 0 Å². The second-order valence-corrected chi connectivity index (χ2v) is 11.5. The van der Waals surface area contributed by atoms with Gasteiger partial charge in [-0.25, -0.2) is 0 Å². The van der Waals surface area contributed by atoms with E-state index in [4.69, 9.17) is 0 Å². The summed E-state index contributed by atoms with van der Waals surface area (Å²) in [6.07, 6.45) is 11.6. The van der Waals surface area contributed by atoms with Crippen molar-refractivity contribution in [3.63, 3.8) is 0 Å². The Morgan fingerprint density at radius 2 is 1.23 bits per heavy atom. The average molecular weight is 457 g/mol. The molecule has 0 aromatic rings. The van der Waals surface area contributed by atoms with Gasteiger partial charge in [0.05, 0.1) is 0 Å². The van der Waals surface area contributed by atoms with Crippen molar-refractivity contribution in [3.05, 3.63) is 46.4 Å². The maximum absolute atomic E-state index is 10.1. The summed E-state index contributed by atoms with van der Waals surface area (Å²) in [6, 6.07) is 0. The molecule has 0 spiro atoms. The zero-order valence-corrected chi connectivity index (χ0v) is 23.6. The van der Waals surface area contributed by atoms with Crippen LogP contribution in [0.1, 0.15) is 96.4 Å². The molecule has 0 heterocycles. The second kappa shape index (κ2) is 17.2. The molecule has 3 nitrogen and oxygen atoms in total. The first-order valence-electron chi connectivity index (χ1n) is 10.4. The van der Waals surface area contributed by atoms with Gasteiger partial charge >= 0.3 is 68.2 Å². The van der Waals surface area contributed by atoms with Gasteiger partial charge in [-0.3, -0.25) is 0 Å². The first-order chi connectivity index (χ1) is 12.9. The predicted molar refractivity (Wildman–Crippen MR) is 125 cm³/mol. The van der Waals surface area contributed by atoms with E-state index in [0.29, 0.717) is 5.41 Å². The summed E-state index contributed by atoms with van der Waals surface area (Å²) in [5.74, 6) is 0. The molecule has 0 aliphatic heterocycles. The summed E-state index contributed by atoms with van der Waals surface area (Å²) >= 11 is 2.20. The van der Waals surface area contributed by atoms with Crippen LogP contribution in [0.25, 0.3) is 0 Å². The van der Waals surface area contributed by atoms with Crippen molar-refractivity contribution < 1.29 is 35.8 Å². The molecule has 0 bridgehead atoms. The van der Waals surface area contributed by atoms with Crippen LogP contribution in [-0.2, 0) is 20.4 Å². The van der Waals surface area contributed by atoms with Gasteiger partial charge in [0, 0.05) is 0 Å². The summed E-state index contributed by atoms with van der Waals surface area (Å²) in [5.41, 5.74) is -0.607. The number of allylic oxidation sites excluding steroid dienone is 7. The van der Waals surface area contributed by atoms with Gasteiger partial charge < -0.3 is 15.3 Å². The third-order valence-electron chi connectivity index (χ3n) is 2.53. The van der Waals surface area contributed by atoms with Gasteiger partial charge in [0.1, 0.15) is 0 Å². The third-order valence-corrected chi connectivity index (χ3v) is 3.85. The van der Waals surface area contributed by atoms with E-state index in [2.05, 4.69) is 59.1 Å². The van der Waals surface area contributed by atoms with Crippen LogP contribution in [-0.4, -0.2) is 16.8 Å². The van der Waals surface area contributed by atoms with Crippen molar-refractivity contribution in [1.82, 2.24) is 0 Å². The Balaban J connectivity index is -0.000000145. The van der Waals surface area contributed by atoms with E-state index in [-0.39, 0.29) is 0 Å². The van der Waals surface area contributed by atoms with Crippen molar-refractivity contribution in [1.29, 1.82) is 0 Å². The topological polar surface area (TPSA) is 69.2 Å². The summed E-state index contributed by atoms with van der Waals surface area (Å²) in [4.78, 5) is 0. The van der Waals surface area contributed by atoms with Crippen molar-refractivity contribution in [2.75, 3.05) is 0 Å². The Bertz CT molecular complexity index is 473. The van der Waals surface area contributed by atoms with Crippen LogP contribution < -0.4 is 15.3 Å². The minimum absolute atomic E-state index is 0.411. The number of hydrogen-bond acceptors (Lipinski definition) is 3. The van der Waals surface area contributed by atoms with Gasteiger partial charge in [-0.1, -0.05) is 86.6 Å². The summed E-state index contributed by atoms with van der Waals surface area (Å²) in [6.45, 7) is 26.8. The molecule has 0 saturated heterocycles. The summed E-state index contributed by atoms with van der Waals surface area (Å²) in [5, 5.41) is 30.3. The summed E-state index contributed by atoms with van der Waals surface area (Å²) < 4.78 is 1.49. The first kappa shape index (κ1) is 36.9. The molecule has 0 fully saturated rings. The minimum atomic E-state index is -0.750. The SMILES string of the molecule is C=CC(C)=CC.CC(C)(C)[O-].CC(C)(C)[O-].CC(C)(C)[O-].CC1(C)CC=CC=[C]1[Ti+3]. The van der Waals surface area contributed by atoms with Crippen LogP contribution >= 0.6 is 0 Å². The first-order valence-corrected chi connectivity index (χ1v) is 11.2. The molecule has 30 heavy (non-hydrogen) atoms. The Morgan fingerprint density at radius 3 is 1.33 bits per heavy atom. The molecule has 1 aliphatic rings. The zero-order chi connectivity index (χ0) is 25.4. The van der Waals surface area contributed by atoms with E-state index >= 15 is 0 Å². The normalized spacial score (nSPS) is 15.4. The molecule has 0 aromatic heterocycles. The van der Waals surface area contributed by atoms with E-state index in [9.17, 15) is 15.3 Å². The van der Waals surface area contributed by atoms with Crippen LogP contribution in [0.2, 0.25) is 0 Å². The second-order valence-electron chi connectivity index (χ2n) is 10.7. The standard InChI is InChI=1S/C8H11.C6H10.3C4H9O.Ti/c1-8(2)6-4-3-5-7-8;1-4-6(3)5-2;3*1-4(2,3)5;/h3-5H,6H2,1-2H3;4-5H,1H2,2-3H3;3*1-3H3;/q;;3*-1;+3. The van der Waals surface area contributed by atoms with E-state index in [0.717, 1.165) is 0 Å². The molecular weight excluding hydrogens is 408 g/mol. The van der Waals surface area contributed by atoms with Gasteiger partial charge in [-0.05, 0) is 13.8 Å². The molecule has 1 rings (SSSR count). The van der Waals surface area contributed by atoms with Crippen molar-refractivity contribution in [2.45, 2.75) is 113 Å². The quantitative estimate of drug-likeness (QED) is 0.413. The van der Waals surface area contributed by atoms with Crippen LogP contribution in [0.15, 0.2) is 46.4 Å². The van der Waals surface area contributed by atoms with Crippen LogP contribution in [0.5, 0.6) is 0 Å². The molecule has 0 atom stereocenters. The molecule has 0 unspecified atom stereocenters. The molecule has 174 valence electrons. The molecule has 0 N–H and O–H groups in total. The predicted octanol–water partition coefficient (Wildman–Crippen LogP) is 4.98. The third kappa shape index (κ3) is 63.1. The Kier molecular flexibility index (Phi) is 21.1. The molecule has 0 aromatic carbocycles. The van der Waals surface area contributed by atoms with Crippen LogP contribution in [0.4, 0.5) is 0 Å². The Hall–Kier alpha value is -0.446. The molecule has 0 saturated carbocycles. The maximum atomic E-state index is 10.1. The zero-order valence-electron chi connectivity index (χ0n) is 22.0. The van der Waals surface area contributed by atoms with E-state index in [1.807, 2.05) is 26.0 Å². The van der Waals surface area contributed by atoms with Gasteiger partial charge in [0.15, 0.2) is 0 Å². The van der Waals surface area contributed by atoms with E-state index in [1.165, 1.54) is 15.9 Å². The van der Waals surface area contributed by atoms with Crippen molar-refractivity contribution in [2.24, 2.45) is 5.41 Å². The van der Waals surface area contributed by atoms with Crippen molar-refractivity contribution >= 4 is 0 Å². The van der Waals surface area contributed by atoms with E-state index < -0.39 is 16.8 Å². The fourth-order valence-corrected chi connectivity index (χ4v) is 1.29. The fourth-order valence-electron chi connectivity index (χ4n) is 0.980. The molecule has 4 heteroatoms. The number of hydrogen-bond donors (Lipinski definition) is 0. The van der Waals surface area contributed by atoms with Gasteiger partial charge in [-0.15, -0.1) is 16.8 Å². The molecular formula is C26H48O3Ti. The van der Waals surface area contributed by atoms with Gasteiger partial charge in [-0.2, -0.15) is 0 Å². The number of rotatable bonds is 1. The summed E-state index contributed by atoms with van der Waals surface area (Å²) in [7, 11) is 0. The average Bonchev–Trinajstić information content (AvgIpc) is 2.45. The fraction of sp³-hybridized carbons (Fsp3) is 0.692. The monoisotopic (exact) mass is 456 g/mol. The van der Waals surface area contributed by atoms with Gasteiger partial charge in [0.2, 0.25) is 0 Å². The van der Waals surface area contributed by atoms with Gasteiger partial charge in [0.25, 0.3) is 0 Å². The Labute approximate surface area is 200 Å². The molecule has 0 radical (unpaired) electrons. The molecule has 1 aliphatic carbocycles. The van der Waals surface area contributed by atoms with Crippen LogP contribution in [0, 0.1) is 5.41 Å². The molecule has 0 amide bonds. The van der Waals surface area contributed by atoms with Crippen LogP contribution in [0.3, 0.4) is 0 Å².